The molecule has 0 saturated carbocycles. The van der Waals surface area contributed by atoms with Crippen molar-refractivity contribution in [3.05, 3.63) is 118 Å². The quantitative estimate of drug-likeness (QED) is 0.375. The van der Waals surface area contributed by atoms with E-state index in [-0.39, 0.29) is 5.41 Å². The minimum atomic E-state index is -0.0827. The van der Waals surface area contributed by atoms with Crippen LogP contribution in [0, 0.1) is 6.92 Å². The van der Waals surface area contributed by atoms with Crippen LogP contribution in [0.2, 0.25) is 0 Å². The first kappa shape index (κ1) is 16.3. The van der Waals surface area contributed by atoms with Crippen molar-refractivity contribution < 1.29 is 0 Å². The van der Waals surface area contributed by atoms with Crippen LogP contribution in [-0.2, 0) is 11.8 Å². The number of hydrogen-bond donors (Lipinski definition) is 0. The Balaban J connectivity index is 1.74. The third-order valence-corrected chi connectivity index (χ3v) is 6.27. The largest absolute Gasteiger partial charge is 0.0801 e. The molecule has 0 heterocycles. The molecule has 3 aromatic carbocycles. The lowest BCUT2D eigenvalue weighted by molar-refractivity contribution is 0.638. The van der Waals surface area contributed by atoms with Gasteiger partial charge in [-0.1, -0.05) is 96.1 Å². The Hall–Kier alpha value is -2.86. The molecule has 0 fully saturated rings. The van der Waals surface area contributed by atoms with E-state index in [1.807, 2.05) is 0 Å². The maximum atomic E-state index is 2.44. The van der Waals surface area contributed by atoms with Crippen LogP contribution in [0.15, 0.2) is 90.5 Å². The van der Waals surface area contributed by atoms with Crippen LogP contribution in [0.4, 0.5) is 0 Å². The Kier molecular flexibility index (Phi) is 3.68. The summed E-state index contributed by atoms with van der Waals surface area (Å²) in [7, 11) is 0. The topological polar surface area (TPSA) is 0 Å². The first-order chi connectivity index (χ1) is 13.2. The molecule has 1 unspecified atom stereocenters. The highest BCUT2D eigenvalue weighted by atomic mass is 14.4. The van der Waals surface area contributed by atoms with E-state index in [4.69, 9.17) is 0 Å². The summed E-state index contributed by atoms with van der Waals surface area (Å²) in [5.41, 5.74) is 11.2. The second-order valence-electron chi connectivity index (χ2n) is 7.99. The minimum absolute atomic E-state index is 0.0827. The molecular weight excluding hydrogens is 324 g/mol. The Labute approximate surface area is 161 Å². The number of fused-ring (bicyclic) bond motifs is 3. The number of aryl methyl sites for hydroxylation is 1. The van der Waals surface area contributed by atoms with E-state index in [9.17, 15) is 0 Å². The van der Waals surface area contributed by atoms with Gasteiger partial charge in [0.05, 0.1) is 0 Å². The zero-order chi connectivity index (χ0) is 18.4. The molecule has 0 aliphatic heterocycles. The van der Waals surface area contributed by atoms with Gasteiger partial charge in [-0.15, -0.1) is 0 Å². The van der Waals surface area contributed by atoms with E-state index in [1.54, 1.807) is 0 Å². The molecule has 0 aromatic heterocycles. The van der Waals surface area contributed by atoms with Gasteiger partial charge in [0.2, 0.25) is 0 Å². The average molecular weight is 348 g/mol. The lowest BCUT2D eigenvalue weighted by Gasteiger charge is -2.35. The van der Waals surface area contributed by atoms with Gasteiger partial charge in [-0.25, -0.2) is 0 Å². The average Bonchev–Trinajstić information content (AvgIpc) is 3.08. The summed E-state index contributed by atoms with van der Waals surface area (Å²) >= 11 is 0. The molecule has 0 saturated heterocycles. The molecule has 0 N–H and O–H groups in total. The van der Waals surface area contributed by atoms with Crippen LogP contribution in [0.1, 0.15) is 41.2 Å². The van der Waals surface area contributed by atoms with E-state index >= 15 is 0 Å². The molecule has 5 rings (SSSR count). The number of benzene rings is 3. The van der Waals surface area contributed by atoms with Crippen molar-refractivity contribution in [2.75, 3.05) is 0 Å². The van der Waals surface area contributed by atoms with E-state index in [2.05, 4.69) is 98.8 Å². The highest BCUT2D eigenvalue weighted by Gasteiger charge is 2.36. The van der Waals surface area contributed by atoms with Gasteiger partial charge in [-0.2, -0.15) is 0 Å². The van der Waals surface area contributed by atoms with Crippen molar-refractivity contribution in [2.24, 2.45) is 0 Å². The van der Waals surface area contributed by atoms with Gasteiger partial charge in [0, 0.05) is 5.41 Å². The van der Waals surface area contributed by atoms with Gasteiger partial charge in [0.25, 0.3) is 0 Å². The molecule has 0 amide bonds. The first-order valence-electron chi connectivity index (χ1n) is 9.81. The molecule has 0 heteroatoms. The van der Waals surface area contributed by atoms with Crippen molar-refractivity contribution in [3.63, 3.8) is 0 Å². The summed E-state index contributed by atoms with van der Waals surface area (Å²) in [6.45, 7) is 4.36. The van der Waals surface area contributed by atoms with E-state index in [0.29, 0.717) is 0 Å². The fraction of sp³-hybridized carbons (Fsp3) is 0.185. The molecule has 27 heavy (non-hydrogen) atoms. The summed E-state index contributed by atoms with van der Waals surface area (Å²) < 4.78 is 0. The van der Waals surface area contributed by atoms with Crippen LogP contribution in [0.5, 0.6) is 0 Å². The predicted octanol–water partition coefficient (Wildman–Crippen LogP) is 6.76. The van der Waals surface area contributed by atoms with Gasteiger partial charge >= 0.3 is 0 Å². The van der Waals surface area contributed by atoms with Crippen molar-refractivity contribution >= 4 is 0 Å². The standard InChI is InChI=1S/C27H24/c1-19-10-12-22(13-11-19)27(16-14-20(2)15-17-27)26-9-5-8-24-23-7-4-3-6-21(23)18-25(24)26/h3-16H,17-18H2,1-2H3. The smallest absolute Gasteiger partial charge is 0.0422 e. The summed E-state index contributed by atoms with van der Waals surface area (Å²) in [5.74, 6) is 0. The highest BCUT2D eigenvalue weighted by molar-refractivity contribution is 5.79. The lowest BCUT2D eigenvalue weighted by atomic mass is 9.67. The molecule has 1 atom stereocenters. The monoisotopic (exact) mass is 348 g/mol. The second-order valence-corrected chi connectivity index (χ2v) is 7.99. The SMILES string of the molecule is CC1=CCC(c2ccc(C)cc2)(c2cccc3c2Cc2ccccc2-3)C=C1. The number of rotatable bonds is 2. The molecule has 0 bridgehead atoms. The van der Waals surface area contributed by atoms with E-state index in [1.165, 1.54) is 44.5 Å². The zero-order valence-corrected chi connectivity index (χ0v) is 16.0. The molecular formula is C27H24. The predicted molar refractivity (Wildman–Crippen MR) is 114 cm³/mol. The zero-order valence-electron chi connectivity index (χ0n) is 16.0. The Morgan fingerprint density at radius 2 is 1.56 bits per heavy atom. The van der Waals surface area contributed by atoms with Crippen molar-refractivity contribution in [2.45, 2.75) is 32.1 Å². The van der Waals surface area contributed by atoms with Gasteiger partial charge in [0.1, 0.15) is 0 Å². The van der Waals surface area contributed by atoms with Gasteiger partial charge in [0.15, 0.2) is 0 Å². The summed E-state index contributed by atoms with van der Waals surface area (Å²) in [5, 5.41) is 0. The highest BCUT2D eigenvalue weighted by Crippen LogP contribution is 2.47. The van der Waals surface area contributed by atoms with E-state index < -0.39 is 0 Å². The normalized spacial score (nSPS) is 20.1. The van der Waals surface area contributed by atoms with Crippen molar-refractivity contribution in [1.82, 2.24) is 0 Å². The van der Waals surface area contributed by atoms with Crippen molar-refractivity contribution in [3.8, 4) is 11.1 Å². The third-order valence-electron chi connectivity index (χ3n) is 6.27. The summed E-state index contributed by atoms with van der Waals surface area (Å²) in [6, 6.07) is 24.9. The minimum Gasteiger partial charge on any atom is -0.0801 e. The van der Waals surface area contributed by atoms with Gasteiger partial charge in [-0.3, -0.25) is 0 Å². The molecule has 2 aliphatic carbocycles. The fourth-order valence-corrected chi connectivity index (χ4v) is 4.73. The molecule has 3 aromatic rings. The third kappa shape index (κ3) is 2.51. The van der Waals surface area contributed by atoms with Crippen LogP contribution < -0.4 is 0 Å². The molecule has 2 aliphatic rings. The van der Waals surface area contributed by atoms with Crippen LogP contribution in [0.25, 0.3) is 11.1 Å². The summed E-state index contributed by atoms with van der Waals surface area (Å²) in [6.07, 6.45) is 9.18. The van der Waals surface area contributed by atoms with Gasteiger partial charge in [-0.05, 0) is 60.1 Å². The van der Waals surface area contributed by atoms with Crippen LogP contribution in [0.3, 0.4) is 0 Å². The first-order valence-corrected chi connectivity index (χ1v) is 9.81. The lowest BCUT2D eigenvalue weighted by Crippen LogP contribution is -2.27. The van der Waals surface area contributed by atoms with Crippen LogP contribution in [-0.4, -0.2) is 0 Å². The molecule has 0 nitrogen and oxygen atoms in total. The molecule has 0 radical (unpaired) electrons. The molecule has 0 spiro atoms. The second kappa shape index (κ2) is 6.09. The maximum absolute atomic E-state index is 2.44. The maximum Gasteiger partial charge on any atom is 0.0422 e. The number of hydrogen-bond acceptors (Lipinski definition) is 0. The summed E-state index contributed by atoms with van der Waals surface area (Å²) in [4.78, 5) is 0. The Morgan fingerprint density at radius 1 is 0.778 bits per heavy atom. The Bertz CT molecular complexity index is 1080. The van der Waals surface area contributed by atoms with E-state index in [0.717, 1.165) is 12.8 Å². The van der Waals surface area contributed by atoms with Crippen molar-refractivity contribution in [1.29, 1.82) is 0 Å². The fourth-order valence-electron chi connectivity index (χ4n) is 4.73. The number of allylic oxidation sites excluding steroid dienone is 4. The van der Waals surface area contributed by atoms with Crippen LogP contribution >= 0.6 is 0 Å². The van der Waals surface area contributed by atoms with Gasteiger partial charge < -0.3 is 0 Å². The molecule has 132 valence electrons. The Morgan fingerprint density at radius 3 is 2.33 bits per heavy atom.